The second-order valence-electron chi connectivity index (χ2n) is 11.5. The Morgan fingerprint density at radius 1 is 0.565 bits per heavy atom. The van der Waals surface area contributed by atoms with Crippen LogP contribution >= 0.6 is 0 Å². The van der Waals surface area contributed by atoms with Gasteiger partial charge in [-0.3, -0.25) is 28.8 Å². The minimum atomic E-state index is -1.78. The molecule has 0 aromatic heterocycles. The van der Waals surface area contributed by atoms with Gasteiger partial charge in [-0.25, -0.2) is 4.79 Å². The Hall–Kier alpha value is -3.91. The first-order valence-electron chi connectivity index (χ1n) is 14.6. The Kier molecular flexibility index (Phi) is 18.5. The van der Waals surface area contributed by atoms with Gasteiger partial charge >= 0.3 is 5.97 Å². The quantitative estimate of drug-likeness (QED) is 0.0579. The van der Waals surface area contributed by atoms with Gasteiger partial charge in [0.1, 0.15) is 36.3 Å². The zero-order chi connectivity index (χ0) is 35.9. The lowest BCUT2D eigenvalue weighted by atomic mass is 10.0. The second-order valence-corrected chi connectivity index (χ2v) is 11.5. The van der Waals surface area contributed by atoms with E-state index in [0.717, 1.165) is 6.92 Å². The Labute approximate surface area is 266 Å². The number of hydrogen-bond donors (Lipinski definition) is 12. The third kappa shape index (κ3) is 14.0. The molecule has 0 aromatic carbocycles. The van der Waals surface area contributed by atoms with Gasteiger partial charge < -0.3 is 63.2 Å². The Bertz CT molecular complexity index is 1070. The summed E-state index contributed by atoms with van der Waals surface area (Å²) in [6.45, 7) is 6.59. The molecule has 46 heavy (non-hydrogen) atoms. The molecule has 0 rings (SSSR count). The molecule has 0 aromatic rings. The summed E-state index contributed by atoms with van der Waals surface area (Å²) in [6.07, 6.45) is -3.12. The van der Waals surface area contributed by atoms with Crippen molar-refractivity contribution in [3.05, 3.63) is 0 Å². The zero-order valence-electron chi connectivity index (χ0n) is 26.8. The average molecular weight is 664 g/mol. The first-order valence-corrected chi connectivity index (χ1v) is 14.6. The zero-order valence-corrected chi connectivity index (χ0v) is 26.8. The molecular weight excluding hydrogens is 614 g/mol. The molecule has 0 unspecified atom stereocenters. The fourth-order valence-corrected chi connectivity index (χ4v) is 3.95. The molecule has 0 bridgehead atoms. The minimum Gasteiger partial charge on any atom is -0.480 e. The standard InChI is InChI=1S/C27H49N7O12/c1-11(2)7-15(22(40)31-17(10-36)27(45)46)29-23(41)16(9-35)30-25(43)20(13(5)37)34-26(44)21(14(6)38)33-24(42)19(12(3)4)32-18(39)8-28/h11-17,19-21,35-38H,7-10,28H2,1-6H3,(H,29,41)(H,30,43)(H,31,40)(H,32,39)(H,33,42)(H,34,44)(H,45,46)/t13-,14-,15+,16+,17+,19+,20+,21+/m1/s1. The van der Waals surface area contributed by atoms with Gasteiger partial charge in [0.25, 0.3) is 0 Å². The van der Waals surface area contributed by atoms with Gasteiger partial charge in [-0.1, -0.05) is 27.7 Å². The van der Waals surface area contributed by atoms with Crippen molar-refractivity contribution in [3.8, 4) is 0 Å². The SMILES string of the molecule is CC(C)C[C@H](NC(=O)[C@H](CO)NC(=O)[C@@H](NC(=O)[C@@H](NC(=O)[C@@H](NC(=O)CN)C(C)C)[C@@H](C)O)[C@@H](C)O)C(=O)N[C@@H](CO)C(=O)O. The van der Waals surface area contributed by atoms with Gasteiger partial charge in [-0.05, 0) is 32.1 Å². The minimum absolute atomic E-state index is 0.00775. The van der Waals surface area contributed by atoms with Crippen molar-refractivity contribution in [2.75, 3.05) is 19.8 Å². The van der Waals surface area contributed by atoms with Gasteiger partial charge in [0.15, 0.2) is 0 Å². The van der Waals surface area contributed by atoms with Crippen LogP contribution in [-0.2, 0) is 33.6 Å². The van der Waals surface area contributed by atoms with Gasteiger partial charge in [0.2, 0.25) is 35.4 Å². The van der Waals surface area contributed by atoms with Crippen LogP contribution in [-0.4, -0.2) is 135 Å². The maximum Gasteiger partial charge on any atom is 0.328 e. The number of carboxylic acids is 1. The predicted molar refractivity (Wildman–Crippen MR) is 160 cm³/mol. The van der Waals surface area contributed by atoms with E-state index in [2.05, 4.69) is 31.9 Å². The van der Waals surface area contributed by atoms with E-state index in [1.807, 2.05) is 0 Å². The number of nitrogens with one attached hydrogen (secondary N) is 6. The molecule has 6 amide bonds. The normalized spacial score (nSPS) is 16.5. The topological polar surface area (TPSA) is 319 Å². The third-order valence-corrected chi connectivity index (χ3v) is 6.53. The van der Waals surface area contributed by atoms with Crippen LogP contribution in [0.5, 0.6) is 0 Å². The molecular formula is C27H49N7O12. The number of hydrogen-bond acceptors (Lipinski definition) is 12. The number of nitrogens with two attached hydrogens (primary N) is 1. The number of carbonyl (C=O) groups is 7. The third-order valence-electron chi connectivity index (χ3n) is 6.53. The number of rotatable bonds is 20. The van der Waals surface area contributed by atoms with Crippen LogP contribution < -0.4 is 37.6 Å². The van der Waals surface area contributed by atoms with Crippen LogP contribution in [0.25, 0.3) is 0 Å². The van der Waals surface area contributed by atoms with Crippen molar-refractivity contribution in [1.29, 1.82) is 0 Å². The lowest BCUT2D eigenvalue weighted by Gasteiger charge is -2.29. The lowest BCUT2D eigenvalue weighted by molar-refractivity contribution is -0.143. The summed E-state index contributed by atoms with van der Waals surface area (Å²) in [6, 6.07) is -9.28. The van der Waals surface area contributed by atoms with Gasteiger partial charge in [0, 0.05) is 0 Å². The van der Waals surface area contributed by atoms with Crippen LogP contribution in [0.3, 0.4) is 0 Å². The summed E-state index contributed by atoms with van der Waals surface area (Å²) in [7, 11) is 0. The van der Waals surface area contributed by atoms with E-state index < -0.39 is 116 Å². The average Bonchev–Trinajstić information content (AvgIpc) is 2.96. The summed E-state index contributed by atoms with van der Waals surface area (Å²) in [5, 5.41) is 62.0. The molecule has 0 aliphatic heterocycles. The maximum atomic E-state index is 13.1. The van der Waals surface area contributed by atoms with Crippen LogP contribution in [0.4, 0.5) is 0 Å². The van der Waals surface area contributed by atoms with E-state index in [4.69, 9.17) is 10.8 Å². The highest BCUT2D eigenvalue weighted by molar-refractivity contribution is 5.97. The maximum absolute atomic E-state index is 13.1. The van der Waals surface area contributed by atoms with E-state index >= 15 is 0 Å². The number of aliphatic hydroxyl groups excluding tert-OH is 4. The Morgan fingerprint density at radius 3 is 1.33 bits per heavy atom. The molecule has 0 spiro atoms. The molecule has 0 radical (unpaired) electrons. The van der Waals surface area contributed by atoms with Crippen LogP contribution in [0.2, 0.25) is 0 Å². The van der Waals surface area contributed by atoms with Crippen LogP contribution in [0.15, 0.2) is 0 Å². The summed E-state index contributed by atoms with van der Waals surface area (Å²) >= 11 is 0. The highest BCUT2D eigenvalue weighted by Gasteiger charge is 2.36. The number of carboxylic acid groups (broad SMARTS) is 1. The van der Waals surface area contributed by atoms with Crippen molar-refractivity contribution in [3.63, 3.8) is 0 Å². The first-order chi connectivity index (χ1) is 21.3. The van der Waals surface area contributed by atoms with Crippen molar-refractivity contribution in [2.45, 2.75) is 96.4 Å². The van der Waals surface area contributed by atoms with Crippen molar-refractivity contribution >= 4 is 41.4 Å². The second kappa shape index (κ2) is 20.3. The van der Waals surface area contributed by atoms with E-state index in [0.29, 0.717) is 0 Å². The molecule has 19 heteroatoms. The van der Waals surface area contributed by atoms with E-state index in [1.54, 1.807) is 27.7 Å². The predicted octanol–water partition coefficient (Wildman–Crippen LogP) is -5.61. The monoisotopic (exact) mass is 663 g/mol. The molecule has 19 nitrogen and oxygen atoms in total. The molecule has 0 aliphatic rings. The fourth-order valence-electron chi connectivity index (χ4n) is 3.95. The molecule has 0 saturated heterocycles. The summed E-state index contributed by atoms with van der Waals surface area (Å²) < 4.78 is 0. The van der Waals surface area contributed by atoms with Crippen molar-refractivity contribution in [2.24, 2.45) is 17.6 Å². The number of carbonyl (C=O) groups excluding carboxylic acids is 6. The van der Waals surface area contributed by atoms with Crippen LogP contribution in [0.1, 0.15) is 48.0 Å². The van der Waals surface area contributed by atoms with E-state index in [9.17, 15) is 54.0 Å². The van der Waals surface area contributed by atoms with Gasteiger partial charge in [-0.15, -0.1) is 0 Å². The van der Waals surface area contributed by atoms with E-state index in [-0.39, 0.29) is 12.3 Å². The molecule has 0 aliphatic carbocycles. The fraction of sp³-hybridized carbons (Fsp3) is 0.741. The van der Waals surface area contributed by atoms with Gasteiger partial charge in [-0.2, -0.15) is 0 Å². The summed E-state index contributed by atoms with van der Waals surface area (Å²) in [5.41, 5.74) is 5.29. The number of aliphatic carboxylic acids is 1. The Balaban J connectivity index is 5.82. The largest absolute Gasteiger partial charge is 0.480 e. The van der Waals surface area contributed by atoms with E-state index in [1.165, 1.54) is 6.92 Å². The first kappa shape index (κ1) is 42.1. The molecule has 0 saturated carbocycles. The summed E-state index contributed by atoms with van der Waals surface area (Å²) in [4.78, 5) is 87.5. The van der Waals surface area contributed by atoms with Crippen molar-refractivity contribution < 1.29 is 59.1 Å². The van der Waals surface area contributed by atoms with Crippen molar-refractivity contribution in [1.82, 2.24) is 31.9 Å². The number of amides is 6. The highest BCUT2D eigenvalue weighted by Crippen LogP contribution is 2.08. The number of aliphatic hydroxyl groups is 4. The molecule has 13 N–H and O–H groups in total. The highest BCUT2D eigenvalue weighted by atomic mass is 16.4. The van der Waals surface area contributed by atoms with Gasteiger partial charge in [0.05, 0.1) is 32.0 Å². The molecule has 0 fully saturated rings. The lowest BCUT2D eigenvalue weighted by Crippen LogP contribution is -2.63. The molecule has 264 valence electrons. The van der Waals surface area contributed by atoms with Crippen LogP contribution in [0, 0.1) is 11.8 Å². The Morgan fingerprint density at radius 2 is 0.957 bits per heavy atom. The molecule has 8 atom stereocenters. The molecule has 0 heterocycles. The summed E-state index contributed by atoms with van der Waals surface area (Å²) in [5.74, 6) is -7.97. The smallest absolute Gasteiger partial charge is 0.328 e.